The lowest BCUT2D eigenvalue weighted by Crippen LogP contribution is -2.30. The monoisotopic (exact) mass is 221 g/mol. The third kappa shape index (κ3) is 1.35. The minimum Gasteiger partial charge on any atom is -0.334 e. The number of rotatable bonds is 0. The molecule has 16 heavy (non-hydrogen) atoms. The summed E-state index contributed by atoms with van der Waals surface area (Å²) in [4.78, 5) is 25.4. The number of carbonyl (C=O) groups excluding carboxylic acids is 2. The molecule has 1 atom stereocenters. The van der Waals surface area contributed by atoms with Crippen LogP contribution in [0.2, 0.25) is 0 Å². The van der Waals surface area contributed by atoms with Crippen molar-refractivity contribution in [1.29, 1.82) is 0 Å². The zero-order valence-corrected chi connectivity index (χ0v) is 9.94. The van der Waals surface area contributed by atoms with Crippen LogP contribution in [0, 0.1) is 6.92 Å². The highest BCUT2D eigenvalue weighted by molar-refractivity contribution is 6.03. The Morgan fingerprint density at radius 3 is 2.56 bits per heavy atom. The molecule has 5 nitrogen and oxygen atoms in total. The highest BCUT2D eigenvalue weighted by Crippen LogP contribution is 2.27. The first-order chi connectivity index (χ1) is 7.43. The fourth-order valence-corrected chi connectivity index (χ4v) is 2.22. The Balaban J connectivity index is 2.69. The van der Waals surface area contributed by atoms with Crippen molar-refractivity contribution in [2.24, 2.45) is 7.05 Å². The van der Waals surface area contributed by atoms with Gasteiger partial charge in [0.1, 0.15) is 0 Å². The molecule has 0 fully saturated rings. The molecule has 0 spiro atoms. The molecule has 0 aromatic carbocycles. The second-order valence-corrected chi connectivity index (χ2v) is 4.32. The van der Waals surface area contributed by atoms with Crippen LogP contribution in [0.5, 0.6) is 0 Å². The van der Waals surface area contributed by atoms with Crippen LogP contribution in [0.25, 0.3) is 0 Å². The molecule has 1 aromatic rings. The summed E-state index contributed by atoms with van der Waals surface area (Å²) in [6.45, 7) is 3.80. The van der Waals surface area contributed by atoms with Gasteiger partial charge >= 0.3 is 0 Å². The van der Waals surface area contributed by atoms with Gasteiger partial charge in [0.15, 0.2) is 5.78 Å². The van der Waals surface area contributed by atoms with E-state index in [9.17, 15) is 9.59 Å². The van der Waals surface area contributed by atoms with Gasteiger partial charge in [-0.25, -0.2) is 0 Å². The van der Waals surface area contributed by atoms with Crippen molar-refractivity contribution >= 4 is 11.7 Å². The number of nitrogens with zero attached hydrogens (tertiary/aromatic N) is 3. The molecule has 0 N–H and O–H groups in total. The van der Waals surface area contributed by atoms with Crippen molar-refractivity contribution in [3.63, 3.8) is 0 Å². The molecule has 5 heteroatoms. The summed E-state index contributed by atoms with van der Waals surface area (Å²) in [6.07, 6.45) is 0. The van der Waals surface area contributed by atoms with Crippen LogP contribution in [0.1, 0.15) is 34.6 Å². The number of hydrogen-bond donors (Lipinski definition) is 0. The second kappa shape index (κ2) is 3.43. The molecule has 0 aliphatic carbocycles. The van der Waals surface area contributed by atoms with E-state index in [2.05, 4.69) is 5.10 Å². The fourth-order valence-electron chi connectivity index (χ4n) is 2.22. The van der Waals surface area contributed by atoms with Gasteiger partial charge in [-0.3, -0.25) is 14.3 Å². The lowest BCUT2D eigenvalue weighted by molar-refractivity contribution is -0.120. The van der Waals surface area contributed by atoms with Gasteiger partial charge in [0, 0.05) is 14.1 Å². The molecular weight excluding hydrogens is 206 g/mol. The number of aromatic nitrogens is 2. The molecule has 86 valence electrons. The Morgan fingerprint density at radius 2 is 1.94 bits per heavy atom. The quantitative estimate of drug-likeness (QED) is 0.640. The number of fused-ring (bicyclic) bond motifs is 1. The third-order valence-corrected chi connectivity index (χ3v) is 3.11. The molecule has 2 rings (SSSR count). The largest absolute Gasteiger partial charge is 0.334 e. The molecule has 0 radical (unpaired) electrons. The van der Waals surface area contributed by atoms with Gasteiger partial charge in [-0.15, -0.1) is 0 Å². The minimum absolute atomic E-state index is 0.0533. The zero-order valence-electron chi connectivity index (χ0n) is 9.94. The fraction of sp³-hybridized carbons (Fsp3) is 0.545. The average molecular weight is 221 g/mol. The van der Waals surface area contributed by atoms with Crippen molar-refractivity contribution < 1.29 is 9.59 Å². The first-order valence-electron chi connectivity index (χ1n) is 5.25. The Hall–Kier alpha value is -1.65. The van der Waals surface area contributed by atoms with Gasteiger partial charge in [0.25, 0.3) is 5.91 Å². The van der Waals surface area contributed by atoms with Gasteiger partial charge in [0.2, 0.25) is 0 Å². The van der Waals surface area contributed by atoms with Crippen LogP contribution in [0.3, 0.4) is 0 Å². The molecule has 1 aliphatic heterocycles. The summed E-state index contributed by atoms with van der Waals surface area (Å²) >= 11 is 0. The second-order valence-electron chi connectivity index (χ2n) is 4.32. The first-order valence-corrected chi connectivity index (χ1v) is 5.25. The van der Waals surface area contributed by atoms with Crippen molar-refractivity contribution in [2.75, 3.05) is 13.6 Å². The van der Waals surface area contributed by atoms with Crippen LogP contribution < -0.4 is 0 Å². The van der Waals surface area contributed by atoms with Crippen LogP contribution >= 0.6 is 0 Å². The van der Waals surface area contributed by atoms with Gasteiger partial charge in [-0.2, -0.15) is 5.10 Å². The lowest BCUT2D eigenvalue weighted by Gasteiger charge is -2.13. The van der Waals surface area contributed by atoms with E-state index in [1.807, 2.05) is 6.92 Å². The summed E-state index contributed by atoms with van der Waals surface area (Å²) in [5.74, 6) is -0.328. The first kappa shape index (κ1) is 10.9. The lowest BCUT2D eigenvalue weighted by atomic mass is 9.99. The summed E-state index contributed by atoms with van der Waals surface area (Å²) < 4.78 is 1.64. The maximum atomic E-state index is 12.1. The summed E-state index contributed by atoms with van der Waals surface area (Å²) in [5, 5.41) is 4.22. The van der Waals surface area contributed by atoms with E-state index in [-0.39, 0.29) is 24.2 Å². The number of Topliss-reactive ketones (excluding diaryl/α,β-unsaturated/α-hetero) is 1. The van der Waals surface area contributed by atoms with E-state index in [0.29, 0.717) is 11.3 Å². The number of carbonyl (C=O) groups is 2. The molecule has 1 aromatic heterocycles. The predicted octanol–water partition coefficient (Wildman–Crippen LogP) is 0.487. The SMILES string of the molecule is Cc1nn(C)c2c1C(=O)N(C)CC(=O)C2C. The van der Waals surface area contributed by atoms with Gasteiger partial charge in [-0.05, 0) is 13.8 Å². The van der Waals surface area contributed by atoms with Crippen molar-refractivity contribution in [1.82, 2.24) is 14.7 Å². The van der Waals surface area contributed by atoms with Crippen LogP contribution in [-0.4, -0.2) is 40.0 Å². The van der Waals surface area contributed by atoms with E-state index >= 15 is 0 Å². The zero-order chi connectivity index (χ0) is 12.0. The summed E-state index contributed by atoms with van der Waals surface area (Å²) in [5.41, 5.74) is 2.01. The molecule has 0 saturated heterocycles. The molecule has 1 unspecified atom stereocenters. The van der Waals surface area contributed by atoms with E-state index in [1.165, 1.54) is 4.90 Å². The van der Waals surface area contributed by atoms with Crippen LogP contribution in [-0.2, 0) is 11.8 Å². The number of aryl methyl sites for hydroxylation is 2. The number of ketones is 1. The van der Waals surface area contributed by atoms with E-state index in [1.54, 1.807) is 25.7 Å². The normalized spacial score (nSPS) is 21.0. The van der Waals surface area contributed by atoms with Gasteiger partial charge < -0.3 is 4.90 Å². The smallest absolute Gasteiger partial charge is 0.257 e. The van der Waals surface area contributed by atoms with Crippen LogP contribution in [0.4, 0.5) is 0 Å². The highest BCUT2D eigenvalue weighted by Gasteiger charge is 2.33. The molecule has 0 saturated carbocycles. The van der Waals surface area contributed by atoms with Crippen molar-refractivity contribution in [3.8, 4) is 0 Å². The standard InChI is InChI=1S/C11H15N3O2/c1-6-8(15)5-13(3)11(16)9-7(2)12-14(4)10(6)9/h6H,5H2,1-4H3. The maximum absolute atomic E-state index is 12.1. The minimum atomic E-state index is -0.268. The number of amides is 1. The topological polar surface area (TPSA) is 55.2 Å². The highest BCUT2D eigenvalue weighted by atomic mass is 16.2. The molecule has 1 aliphatic rings. The van der Waals surface area contributed by atoms with Crippen LogP contribution in [0.15, 0.2) is 0 Å². The molecular formula is C11H15N3O2. The Morgan fingerprint density at radius 1 is 1.31 bits per heavy atom. The number of hydrogen-bond acceptors (Lipinski definition) is 3. The van der Waals surface area contributed by atoms with Crippen molar-refractivity contribution in [3.05, 3.63) is 17.0 Å². The number of likely N-dealkylation sites (N-methyl/N-ethyl adjacent to an activating group) is 1. The predicted molar refractivity (Wildman–Crippen MR) is 58.3 cm³/mol. The Kier molecular flexibility index (Phi) is 2.33. The van der Waals surface area contributed by atoms with Gasteiger partial charge in [-0.1, -0.05) is 0 Å². The Bertz CT molecular complexity index is 476. The van der Waals surface area contributed by atoms with Gasteiger partial charge in [0.05, 0.1) is 29.4 Å². The van der Waals surface area contributed by atoms with E-state index in [0.717, 1.165) is 5.69 Å². The Labute approximate surface area is 94.0 Å². The van der Waals surface area contributed by atoms with Crippen molar-refractivity contribution in [2.45, 2.75) is 19.8 Å². The average Bonchev–Trinajstić information content (AvgIpc) is 2.46. The summed E-state index contributed by atoms with van der Waals surface area (Å²) in [6, 6.07) is 0. The maximum Gasteiger partial charge on any atom is 0.257 e. The van der Waals surface area contributed by atoms with E-state index in [4.69, 9.17) is 0 Å². The molecule has 1 amide bonds. The third-order valence-electron chi connectivity index (χ3n) is 3.11. The molecule has 0 bridgehead atoms. The van der Waals surface area contributed by atoms with E-state index < -0.39 is 0 Å². The molecule has 2 heterocycles. The summed E-state index contributed by atoms with van der Waals surface area (Å²) in [7, 11) is 3.42.